The third kappa shape index (κ3) is 5.09. The van der Waals surface area contributed by atoms with Gasteiger partial charge in [0, 0.05) is 29.3 Å². The number of imidazole rings is 2. The van der Waals surface area contributed by atoms with Gasteiger partial charge in [-0.1, -0.05) is 30.3 Å². The molecule has 3 aromatic carbocycles. The van der Waals surface area contributed by atoms with E-state index in [0.29, 0.717) is 52.7 Å². The van der Waals surface area contributed by atoms with Crippen molar-refractivity contribution in [3.05, 3.63) is 83.6 Å². The number of aromatic nitrogens is 4. The van der Waals surface area contributed by atoms with Crippen molar-refractivity contribution in [2.45, 2.75) is 82.5 Å². The lowest BCUT2D eigenvalue weighted by atomic mass is 9.98. The third-order valence-corrected chi connectivity index (χ3v) is 11.0. The highest BCUT2D eigenvalue weighted by Crippen LogP contribution is 2.53. The SMILES string of the molecule is CC(C)(C)OC(=O)N1C2CCC(C2)C1c1nc2ccc(-c3ccc4c(c3)C(F)(F)c3cc(-c5cnc(C6CCCN6C(=O)O)[nH]5)ccc3-4)cc2[nH]1. The Hall–Kier alpha value is -5.26. The molecule has 2 bridgehead atoms. The fourth-order valence-electron chi connectivity index (χ4n) is 8.77. The van der Waals surface area contributed by atoms with Crippen molar-refractivity contribution in [3.63, 3.8) is 0 Å². The van der Waals surface area contributed by atoms with Gasteiger partial charge in [0.1, 0.15) is 17.2 Å². The van der Waals surface area contributed by atoms with Gasteiger partial charge in [0.25, 0.3) is 5.92 Å². The maximum atomic E-state index is 16.3. The lowest BCUT2D eigenvalue weighted by Crippen LogP contribution is -2.43. The summed E-state index contributed by atoms with van der Waals surface area (Å²) in [5.74, 6) is -1.70. The molecule has 9 rings (SSSR count). The molecule has 4 heterocycles. The molecule has 3 N–H and O–H groups in total. The van der Waals surface area contributed by atoms with Crippen molar-refractivity contribution in [3.8, 4) is 33.5 Å². The van der Waals surface area contributed by atoms with Gasteiger partial charge < -0.3 is 19.8 Å². The lowest BCUT2D eigenvalue weighted by Gasteiger charge is -2.35. The minimum Gasteiger partial charge on any atom is -0.465 e. The second-order valence-electron chi connectivity index (χ2n) is 15.3. The summed E-state index contributed by atoms with van der Waals surface area (Å²) in [6.45, 7) is 6.05. The molecule has 3 fully saturated rings. The van der Waals surface area contributed by atoms with Gasteiger partial charge in [-0.05, 0) is 105 Å². The minimum absolute atomic E-state index is 0.0547. The summed E-state index contributed by atoms with van der Waals surface area (Å²) in [4.78, 5) is 44.1. The average Bonchev–Trinajstić information content (AvgIpc) is 3.94. The first kappa shape index (κ1) is 31.7. The van der Waals surface area contributed by atoms with Gasteiger partial charge in [-0.3, -0.25) is 9.80 Å². The number of alkyl halides is 2. The molecule has 5 aromatic rings. The maximum absolute atomic E-state index is 16.3. The van der Waals surface area contributed by atoms with Crippen LogP contribution in [0.2, 0.25) is 0 Å². The highest BCUT2D eigenvalue weighted by molar-refractivity contribution is 5.87. The summed E-state index contributed by atoms with van der Waals surface area (Å²) >= 11 is 0. The van der Waals surface area contributed by atoms with Crippen LogP contribution in [0.15, 0.2) is 60.8 Å². The molecule has 10 nitrogen and oxygen atoms in total. The van der Waals surface area contributed by atoms with Crippen LogP contribution in [0.1, 0.15) is 87.7 Å². The summed E-state index contributed by atoms with van der Waals surface area (Å²) in [5.41, 5.74) is 4.31. The second kappa shape index (κ2) is 11.1. The van der Waals surface area contributed by atoms with Crippen molar-refractivity contribution in [2.24, 2.45) is 5.92 Å². The highest BCUT2D eigenvalue weighted by atomic mass is 19.3. The normalized spacial score (nSPS) is 23.2. The molecule has 2 aliphatic carbocycles. The van der Waals surface area contributed by atoms with E-state index in [-0.39, 0.29) is 35.3 Å². The Morgan fingerprint density at radius 2 is 1.63 bits per heavy atom. The summed E-state index contributed by atoms with van der Waals surface area (Å²) in [5, 5.41) is 9.55. The number of nitrogens with one attached hydrogen (secondary N) is 2. The number of carboxylic acid groups (broad SMARTS) is 1. The molecule has 12 heteroatoms. The van der Waals surface area contributed by atoms with Crippen molar-refractivity contribution in [1.29, 1.82) is 0 Å². The predicted octanol–water partition coefficient (Wildman–Crippen LogP) is 9.02. The second-order valence-corrected chi connectivity index (χ2v) is 15.3. The standard InChI is InChI=1S/C39H38F2N6O4/c1-38(2,3)51-37(50)47-24-10-6-23(15-24)33(47)35-43-29-13-9-21(18-30(29)44-35)20-7-11-25-26-12-8-22(17-28(26)39(40,41)27(25)16-20)31-19-42-34(45-31)32-5-4-14-46(32)36(48)49/h7-9,11-13,16-19,23-24,32-33H,4-6,10,14-15H2,1-3H3,(H,42,45)(H,43,44)(H,48,49). The Kier molecular flexibility index (Phi) is 6.91. The quantitative estimate of drug-likeness (QED) is 0.173. The molecule has 2 amide bonds. The van der Waals surface area contributed by atoms with Crippen LogP contribution in [-0.2, 0) is 10.7 Å². The van der Waals surface area contributed by atoms with E-state index >= 15 is 8.78 Å². The van der Waals surface area contributed by atoms with Gasteiger partial charge in [0.15, 0.2) is 0 Å². The average molecular weight is 693 g/mol. The monoisotopic (exact) mass is 692 g/mol. The number of ether oxygens (including phenoxy) is 1. The van der Waals surface area contributed by atoms with E-state index in [1.807, 2.05) is 49.9 Å². The van der Waals surface area contributed by atoms with Crippen molar-refractivity contribution >= 4 is 23.2 Å². The van der Waals surface area contributed by atoms with Crippen LogP contribution < -0.4 is 0 Å². The van der Waals surface area contributed by atoms with Gasteiger partial charge in [0.2, 0.25) is 0 Å². The van der Waals surface area contributed by atoms with Crippen LogP contribution >= 0.6 is 0 Å². The number of rotatable bonds is 4. The smallest absolute Gasteiger partial charge is 0.411 e. The Labute approximate surface area is 292 Å². The Bertz CT molecular complexity index is 2240. The summed E-state index contributed by atoms with van der Waals surface area (Å²) in [7, 11) is 0. The molecule has 51 heavy (non-hydrogen) atoms. The highest BCUT2D eigenvalue weighted by Gasteiger charge is 2.51. The first-order valence-electron chi connectivity index (χ1n) is 17.6. The number of hydrogen-bond acceptors (Lipinski definition) is 5. The van der Waals surface area contributed by atoms with Gasteiger partial charge in [-0.2, -0.15) is 8.78 Å². The molecule has 2 aliphatic heterocycles. The fourth-order valence-corrected chi connectivity index (χ4v) is 8.77. The number of hydrogen-bond donors (Lipinski definition) is 3. The number of benzene rings is 3. The number of fused-ring (bicyclic) bond motifs is 6. The third-order valence-electron chi connectivity index (χ3n) is 11.0. The van der Waals surface area contributed by atoms with Crippen LogP contribution in [0, 0.1) is 5.92 Å². The zero-order valence-corrected chi connectivity index (χ0v) is 28.5. The van der Waals surface area contributed by atoms with E-state index in [1.165, 1.54) is 11.0 Å². The fraction of sp³-hybridized carbons (Fsp3) is 0.385. The first-order chi connectivity index (χ1) is 24.4. The van der Waals surface area contributed by atoms with Crippen LogP contribution in [0.5, 0.6) is 0 Å². The van der Waals surface area contributed by atoms with Crippen molar-refractivity contribution in [2.75, 3.05) is 6.54 Å². The molecule has 0 radical (unpaired) electrons. The summed E-state index contributed by atoms with van der Waals surface area (Å²) in [6.07, 6.45) is 4.56. The predicted molar refractivity (Wildman–Crippen MR) is 186 cm³/mol. The van der Waals surface area contributed by atoms with Crippen LogP contribution in [0.4, 0.5) is 18.4 Å². The number of H-pyrrole nitrogens is 2. The number of amides is 2. The van der Waals surface area contributed by atoms with Gasteiger partial charge in [-0.15, -0.1) is 0 Å². The van der Waals surface area contributed by atoms with Crippen LogP contribution in [0.3, 0.4) is 0 Å². The maximum Gasteiger partial charge on any atom is 0.411 e. The molecular weight excluding hydrogens is 654 g/mol. The van der Waals surface area contributed by atoms with E-state index in [1.54, 1.807) is 30.5 Å². The zero-order chi connectivity index (χ0) is 35.4. The van der Waals surface area contributed by atoms with Gasteiger partial charge in [0.05, 0.1) is 35.0 Å². The zero-order valence-electron chi connectivity index (χ0n) is 28.5. The largest absolute Gasteiger partial charge is 0.465 e. The Morgan fingerprint density at radius 1 is 0.922 bits per heavy atom. The first-order valence-corrected chi connectivity index (χ1v) is 17.6. The van der Waals surface area contributed by atoms with Gasteiger partial charge in [-0.25, -0.2) is 19.6 Å². The molecule has 1 saturated carbocycles. The molecule has 4 atom stereocenters. The number of likely N-dealkylation sites (tertiary alicyclic amines) is 2. The van der Waals surface area contributed by atoms with E-state index in [4.69, 9.17) is 9.72 Å². The molecule has 0 spiro atoms. The number of nitrogens with zero attached hydrogens (tertiary/aromatic N) is 4. The number of aromatic amines is 2. The van der Waals surface area contributed by atoms with E-state index in [2.05, 4.69) is 15.0 Å². The van der Waals surface area contributed by atoms with Gasteiger partial charge >= 0.3 is 12.2 Å². The molecular formula is C39H38F2N6O4. The van der Waals surface area contributed by atoms with Crippen LogP contribution in [-0.4, -0.2) is 65.2 Å². The van der Waals surface area contributed by atoms with Crippen LogP contribution in [0.25, 0.3) is 44.5 Å². The molecule has 2 aromatic heterocycles. The minimum atomic E-state index is -3.23. The molecule has 2 saturated heterocycles. The van der Waals surface area contributed by atoms with E-state index in [0.717, 1.165) is 48.1 Å². The Balaban J connectivity index is 0.998. The summed E-state index contributed by atoms with van der Waals surface area (Å²) < 4.78 is 38.3. The Morgan fingerprint density at radius 3 is 2.37 bits per heavy atom. The van der Waals surface area contributed by atoms with E-state index in [9.17, 15) is 14.7 Å². The van der Waals surface area contributed by atoms with Crippen molar-refractivity contribution in [1.82, 2.24) is 29.7 Å². The molecule has 4 aliphatic rings. The lowest BCUT2D eigenvalue weighted by molar-refractivity contribution is 0.00620. The van der Waals surface area contributed by atoms with Crippen molar-refractivity contribution < 1.29 is 28.2 Å². The topological polar surface area (TPSA) is 127 Å². The number of piperidine rings is 1. The van der Waals surface area contributed by atoms with E-state index < -0.39 is 17.6 Å². The molecule has 4 unspecified atom stereocenters. The number of halogens is 2. The molecule has 262 valence electrons. The number of carbonyl (C=O) groups is 2. The summed E-state index contributed by atoms with van der Waals surface area (Å²) in [6, 6.07) is 15.5. The number of carbonyl (C=O) groups excluding carboxylic acids is 1.